The second-order valence-electron chi connectivity index (χ2n) is 4.32. The van der Waals surface area contributed by atoms with E-state index in [0.717, 1.165) is 13.1 Å². The van der Waals surface area contributed by atoms with Crippen LogP contribution in [-0.4, -0.2) is 57.8 Å². The molecule has 0 spiro atoms. The van der Waals surface area contributed by atoms with Crippen LogP contribution < -0.4 is 10.6 Å². The highest BCUT2D eigenvalue weighted by atomic mass is 16.5. The molecule has 0 aliphatic rings. The molecule has 0 rings (SSSR count). The van der Waals surface area contributed by atoms with E-state index in [1.807, 2.05) is 0 Å². The van der Waals surface area contributed by atoms with Gasteiger partial charge in [-0.05, 0) is 6.54 Å². The zero-order valence-corrected chi connectivity index (χ0v) is 12.7. The summed E-state index contributed by atoms with van der Waals surface area (Å²) in [6, 6.07) is 0. The van der Waals surface area contributed by atoms with Gasteiger partial charge < -0.3 is 20.1 Å². The highest BCUT2D eigenvalue weighted by Gasteiger charge is 2.04. The molecule has 0 radical (unpaired) electrons. The molecule has 2 N–H and O–H groups in total. The predicted octanol–water partition coefficient (Wildman–Crippen LogP) is 0.505. The number of ketones is 1. The number of ether oxygens (including phenoxy) is 2. The van der Waals surface area contributed by atoms with Crippen LogP contribution in [-0.2, 0) is 19.1 Å². The first-order valence-electron chi connectivity index (χ1n) is 7.35. The summed E-state index contributed by atoms with van der Waals surface area (Å²) in [5.41, 5.74) is 0. The number of carbonyl (C=O) groups is 2. The van der Waals surface area contributed by atoms with Gasteiger partial charge in [-0.3, -0.25) is 9.59 Å². The molecule has 0 aromatic rings. The summed E-state index contributed by atoms with van der Waals surface area (Å²) < 4.78 is 10.6. The first-order chi connectivity index (χ1) is 9.70. The van der Waals surface area contributed by atoms with Crippen LogP contribution in [0.1, 0.15) is 33.1 Å². The van der Waals surface area contributed by atoms with E-state index in [1.54, 1.807) is 6.92 Å². The molecule has 0 atom stereocenters. The molecule has 118 valence electrons. The standard InChI is InChI=1S/C14H28N2O4/c1-3-13(17)5-6-14(18)16-8-10-20-12-11-19-9-7-15-4-2/h15H,3-12H2,1-2H3,(H,16,18). The third kappa shape index (κ3) is 13.5. The van der Waals surface area contributed by atoms with Crippen LogP contribution in [0.4, 0.5) is 0 Å². The summed E-state index contributed by atoms with van der Waals surface area (Å²) in [4.78, 5) is 22.4. The maximum Gasteiger partial charge on any atom is 0.220 e. The van der Waals surface area contributed by atoms with Gasteiger partial charge in [-0.2, -0.15) is 0 Å². The van der Waals surface area contributed by atoms with Crippen molar-refractivity contribution in [3.63, 3.8) is 0 Å². The van der Waals surface area contributed by atoms with Gasteiger partial charge in [0.15, 0.2) is 0 Å². The molecule has 0 aliphatic carbocycles. The fourth-order valence-electron chi connectivity index (χ4n) is 1.42. The monoisotopic (exact) mass is 288 g/mol. The Labute approximate surface area is 121 Å². The summed E-state index contributed by atoms with van der Waals surface area (Å²) in [7, 11) is 0. The van der Waals surface area contributed by atoms with E-state index in [4.69, 9.17) is 9.47 Å². The molecule has 1 amide bonds. The zero-order valence-electron chi connectivity index (χ0n) is 12.7. The minimum absolute atomic E-state index is 0.0997. The average Bonchev–Trinajstić information content (AvgIpc) is 2.46. The molecule has 0 fully saturated rings. The van der Waals surface area contributed by atoms with Crippen LogP contribution in [0.25, 0.3) is 0 Å². The number of carbonyl (C=O) groups excluding carboxylic acids is 2. The number of Topliss-reactive ketones (excluding diaryl/α,β-unsaturated/α-hetero) is 1. The van der Waals surface area contributed by atoms with Gasteiger partial charge in [0.05, 0.1) is 26.4 Å². The lowest BCUT2D eigenvalue weighted by Crippen LogP contribution is -2.28. The maximum absolute atomic E-state index is 11.3. The fraction of sp³-hybridized carbons (Fsp3) is 0.857. The normalized spacial score (nSPS) is 10.5. The Morgan fingerprint density at radius 1 is 0.900 bits per heavy atom. The Kier molecular flexibility index (Phi) is 13.7. The molecule has 0 unspecified atom stereocenters. The lowest BCUT2D eigenvalue weighted by Gasteiger charge is -2.07. The predicted molar refractivity (Wildman–Crippen MR) is 77.7 cm³/mol. The van der Waals surface area contributed by atoms with E-state index in [0.29, 0.717) is 45.8 Å². The fourth-order valence-corrected chi connectivity index (χ4v) is 1.42. The van der Waals surface area contributed by atoms with Crippen molar-refractivity contribution in [2.24, 2.45) is 0 Å². The van der Waals surface area contributed by atoms with Crippen LogP contribution in [0.15, 0.2) is 0 Å². The van der Waals surface area contributed by atoms with Crippen molar-refractivity contribution in [2.45, 2.75) is 33.1 Å². The number of amides is 1. The van der Waals surface area contributed by atoms with Crippen molar-refractivity contribution in [3.05, 3.63) is 0 Å². The summed E-state index contributed by atoms with van der Waals surface area (Å²) in [5, 5.41) is 5.87. The zero-order chi connectivity index (χ0) is 15.1. The van der Waals surface area contributed by atoms with Crippen LogP contribution in [0, 0.1) is 0 Å². The third-order valence-corrected chi connectivity index (χ3v) is 2.64. The smallest absolute Gasteiger partial charge is 0.220 e. The number of nitrogens with one attached hydrogen (secondary N) is 2. The Morgan fingerprint density at radius 2 is 1.55 bits per heavy atom. The highest BCUT2D eigenvalue weighted by Crippen LogP contribution is 1.94. The summed E-state index contributed by atoms with van der Waals surface area (Å²) in [6.45, 7) is 8.34. The van der Waals surface area contributed by atoms with E-state index in [2.05, 4.69) is 17.6 Å². The van der Waals surface area contributed by atoms with E-state index in [-0.39, 0.29) is 18.1 Å². The molecular formula is C14H28N2O4. The molecule has 0 saturated carbocycles. The second-order valence-corrected chi connectivity index (χ2v) is 4.32. The van der Waals surface area contributed by atoms with Crippen LogP contribution in [0.2, 0.25) is 0 Å². The molecule has 0 saturated heterocycles. The molecule has 0 heterocycles. The minimum Gasteiger partial charge on any atom is -0.378 e. The Balaban J connectivity index is 3.19. The summed E-state index contributed by atoms with van der Waals surface area (Å²) >= 11 is 0. The van der Waals surface area contributed by atoms with Gasteiger partial charge in [0.25, 0.3) is 0 Å². The number of rotatable bonds is 14. The van der Waals surface area contributed by atoms with E-state index >= 15 is 0 Å². The molecular weight excluding hydrogens is 260 g/mol. The molecule has 20 heavy (non-hydrogen) atoms. The van der Waals surface area contributed by atoms with E-state index in [1.165, 1.54) is 0 Å². The van der Waals surface area contributed by atoms with Crippen LogP contribution in [0.3, 0.4) is 0 Å². The SMILES string of the molecule is CCNCCOCCOCCNC(=O)CCC(=O)CC. The first kappa shape index (κ1) is 19.0. The molecule has 6 nitrogen and oxygen atoms in total. The van der Waals surface area contributed by atoms with Gasteiger partial charge in [0, 0.05) is 32.4 Å². The Hall–Kier alpha value is -0.980. The van der Waals surface area contributed by atoms with Crippen LogP contribution >= 0.6 is 0 Å². The van der Waals surface area contributed by atoms with Crippen LogP contribution in [0.5, 0.6) is 0 Å². The second kappa shape index (κ2) is 14.4. The lowest BCUT2D eigenvalue weighted by atomic mass is 10.2. The number of hydrogen-bond donors (Lipinski definition) is 2. The van der Waals surface area contributed by atoms with Crippen molar-refractivity contribution < 1.29 is 19.1 Å². The number of hydrogen-bond acceptors (Lipinski definition) is 5. The van der Waals surface area contributed by atoms with E-state index in [9.17, 15) is 9.59 Å². The Bertz CT molecular complexity index is 260. The van der Waals surface area contributed by atoms with Crippen molar-refractivity contribution in [3.8, 4) is 0 Å². The van der Waals surface area contributed by atoms with Gasteiger partial charge in [-0.25, -0.2) is 0 Å². The molecule has 0 aromatic heterocycles. The van der Waals surface area contributed by atoms with Crippen molar-refractivity contribution >= 4 is 11.7 Å². The molecule has 0 bridgehead atoms. The highest BCUT2D eigenvalue weighted by molar-refractivity contribution is 5.84. The molecule has 0 aliphatic heterocycles. The van der Waals surface area contributed by atoms with Gasteiger partial charge in [-0.1, -0.05) is 13.8 Å². The van der Waals surface area contributed by atoms with Crippen molar-refractivity contribution in [1.82, 2.24) is 10.6 Å². The van der Waals surface area contributed by atoms with Gasteiger partial charge in [0.1, 0.15) is 5.78 Å². The largest absolute Gasteiger partial charge is 0.378 e. The minimum atomic E-state index is -0.0997. The molecule has 6 heteroatoms. The average molecular weight is 288 g/mol. The Morgan fingerprint density at radius 3 is 2.15 bits per heavy atom. The molecule has 0 aromatic carbocycles. The summed E-state index contributed by atoms with van der Waals surface area (Å²) in [6.07, 6.45) is 1.08. The first-order valence-corrected chi connectivity index (χ1v) is 7.35. The van der Waals surface area contributed by atoms with Gasteiger partial charge in [-0.15, -0.1) is 0 Å². The lowest BCUT2D eigenvalue weighted by molar-refractivity contribution is -0.125. The topological polar surface area (TPSA) is 76.7 Å². The van der Waals surface area contributed by atoms with Gasteiger partial charge in [0.2, 0.25) is 5.91 Å². The third-order valence-electron chi connectivity index (χ3n) is 2.64. The summed E-state index contributed by atoms with van der Waals surface area (Å²) in [5.74, 6) is 0.0170. The quantitative estimate of drug-likeness (QED) is 0.455. The maximum atomic E-state index is 11.3. The van der Waals surface area contributed by atoms with Gasteiger partial charge >= 0.3 is 0 Å². The van der Waals surface area contributed by atoms with Crippen molar-refractivity contribution in [1.29, 1.82) is 0 Å². The van der Waals surface area contributed by atoms with E-state index < -0.39 is 0 Å². The number of likely N-dealkylation sites (N-methyl/N-ethyl adjacent to an activating group) is 1. The van der Waals surface area contributed by atoms with Crippen molar-refractivity contribution in [2.75, 3.05) is 46.1 Å².